The Morgan fingerprint density at radius 1 is 1.32 bits per heavy atom. The van der Waals surface area contributed by atoms with Gasteiger partial charge in [-0.25, -0.2) is 0 Å². The normalized spacial score (nSPS) is 12.3. The number of hydrogen-bond donors (Lipinski definition) is 1. The smallest absolute Gasteiger partial charge is 0.251 e. The van der Waals surface area contributed by atoms with Gasteiger partial charge >= 0.3 is 0 Å². The van der Waals surface area contributed by atoms with Crippen LogP contribution in [0.15, 0.2) is 24.3 Å². The minimum Gasteiger partial charge on any atom is -0.494 e. The highest BCUT2D eigenvalue weighted by Gasteiger charge is 2.16. The van der Waals surface area contributed by atoms with Gasteiger partial charge in [0.25, 0.3) is 5.91 Å². The Morgan fingerprint density at radius 2 is 1.95 bits per heavy atom. The molecule has 1 aromatic carbocycles. The number of benzene rings is 1. The SMILES string of the molecule is CCOc1ccc(C(=O)NC(CCBr)C(C)C)cc1. The molecule has 0 fully saturated rings. The standard InChI is InChI=1S/C15H22BrNO2/c1-4-19-13-7-5-12(6-8-13)15(18)17-14(9-10-16)11(2)3/h5-8,11,14H,4,9-10H2,1-3H3,(H,17,18). The van der Waals surface area contributed by atoms with Gasteiger partial charge in [-0.15, -0.1) is 0 Å². The van der Waals surface area contributed by atoms with E-state index in [0.717, 1.165) is 17.5 Å². The van der Waals surface area contributed by atoms with E-state index in [2.05, 4.69) is 35.1 Å². The van der Waals surface area contributed by atoms with Crippen LogP contribution >= 0.6 is 15.9 Å². The van der Waals surface area contributed by atoms with Gasteiger partial charge in [0.15, 0.2) is 0 Å². The van der Waals surface area contributed by atoms with E-state index in [-0.39, 0.29) is 11.9 Å². The summed E-state index contributed by atoms with van der Waals surface area (Å²) in [5.74, 6) is 1.19. The number of nitrogens with one attached hydrogen (secondary N) is 1. The number of amides is 1. The first-order valence-corrected chi connectivity index (χ1v) is 7.80. The molecule has 1 N–H and O–H groups in total. The van der Waals surface area contributed by atoms with Gasteiger partial charge in [0.1, 0.15) is 5.75 Å². The van der Waals surface area contributed by atoms with E-state index in [1.54, 1.807) is 12.1 Å². The van der Waals surface area contributed by atoms with Crippen molar-refractivity contribution < 1.29 is 9.53 Å². The molecule has 1 unspecified atom stereocenters. The molecule has 0 aliphatic carbocycles. The van der Waals surface area contributed by atoms with Crippen LogP contribution in [0.3, 0.4) is 0 Å². The van der Waals surface area contributed by atoms with E-state index in [4.69, 9.17) is 4.74 Å². The highest BCUT2D eigenvalue weighted by atomic mass is 79.9. The van der Waals surface area contributed by atoms with Crippen LogP contribution in [0.5, 0.6) is 5.75 Å². The Morgan fingerprint density at radius 3 is 2.42 bits per heavy atom. The first-order chi connectivity index (χ1) is 9.08. The molecule has 0 radical (unpaired) electrons. The van der Waals surface area contributed by atoms with Crippen LogP contribution in [-0.4, -0.2) is 23.9 Å². The Bertz CT molecular complexity index is 390. The van der Waals surface area contributed by atoms with Crippen molar-refractivity contribution in [3.8, 4) is 5.75 Å². The number of alkyl halides is 1. The molecule has 4 heteroatoms. The third-order valence-electron chi connectivity index (χ3n) is 2.97. The lowest BCUT2D eigenvalue weighted by Crippen LogP contribution is -2.38. The fourth-order valence-corrected chi connectivity index (χ4v) is 2.30. The molecule has 0 aromatic heterocycles. The molecule has 0 spiro atoms. The van der Waals surface area contributed by atoms with Crippen molar-refractivity contribution in [3.63, 3.8) is 0 Å². The van der Waals surface area contributed by atoms with Gasteiger partial charge in [-0.2, -0.15) is 0 Å². The summed E-state index contributed by atoms with van der Waals surface area (Å²) in [5.41, 5.74) is 0.670. The van der Waals surface area contributed by atoms with Crippen molar-refractivity contribution in [2.45, 2.75) is 33.2 Å². The second-order valence-electron chi connectivity index (χ2n) is 4.76. The highest BCUT2D eigenvalue weighted by Crippen LogP contribution is 2.13. The van der Waals surface area contributed by atoms with Crippen molar-refractivity contribution in [2.24, 2.45) is 5.92 Å². The zero-order valence-electron chi connectivity index (χ0n) is 11.8. The van der Waals surface area contributed by atoms with Gasteiger partial charge in [0.2, 0.25) is 0 Å². The summed E-state index contributed by atoms with van der Waals surface area (Å²) in [6, 6.07) is 7.44. The summed E-state index contributed by atoms with van der Waals surface area (Å²) in [4.78, 5) is 12.1. The lowest BCUT2D eigenvalue weighted by molar-refractivity contribution is 0.0925. The van der Waals surface area contributed by atoms with Crippen molar-refractivity contribution >= 4 is 21.8 Å². The summed E-state index contributed by atoms with van der Waals surface area (Å²) < 4.78 is 5.36. The third kappa shape index (κ3) is 5.23. The second-order valence-corrected chi connectivity index (χ2v) is 5.55. The summed E-state index contributed by atoms with van der Waals surface area (Å²) in [7, 11) is 0. The summed E-state index contributed by atoms with van der Waals surface area (Å²) >= 11 is 3.42. The van der Waals surface area contributed by atoms with Crippen LogP contribution in [0.1, 0.15) is 37.6 Å². The van der Waals surface area contributed by atoms with Crippen LogP contribution in [0, 0.1) is 5.92 Å². The fourth-order valence-electron chi connectivity index (χ4n) is 1.81. The maximum Gasteiger partial charge on any atom is 0.251 e. The number of rotatable bonds is 7. The number of ether oxygens (including phenoxy) is 1. The van der Waals surface area contributed by atoms with Gasteiger partial charge in [-0.1, -0.05) is 29.8 Å². The molecule has 0 bridgehead atoms. The Labute approximate surface area is 123 Å². The molecule has 1 atom stereocenters. The van der Waals surface area contributed by atoms with Gasteiger partial charge in [-0.05, 0) is 43.5 Å². The predicted molar refractivity (Wildman–Crippen MR) is 82.1 cm³/mol. The van der Waals surface area contributed by atoms with Crippen molar-refractivity contribution in [2.75, 3.05) is 11.9 Å². The minimum atomic E-state index is -0.0253. The summed E-state index contributed by atoms with van der Waals surface area (Å²) in [6.07, 6.45) is 0.931. The zero-order chi connectivity index (χ0) is 14.3. The average molecular weight is 328 g/mol. The van der Waals surface area contributed by atoms with Crippen LogP contribution in [0.4, 0.5) is 0 Å². The van der Waals surface area contributed by atoms with Crippen LogP contribution in [-0.2, 0) is 0 Å². The fraction of sp³-hybridized carbons (Fsp3) is 0.533. The average Bonchev–Trinajstić information content (AvgIpc) is 2.39. The molecule has 1 amide bonds. The van der Waals surface area contributed by atoms with Gasteiger partial charge in [0, 0.05) is 16.9 Å². The van der Waals surface area contributed by atoms with Crippen molar-refractivity contribution in [1.29, 1.82) is 0 Å². The van der Waals surface area contributed by atoms with Gasteiger partial charge in [0.05, 0.1) is 6.61 Å². The molecule has 3 nitrogen and oxygen atoms in total. The lowest BCUT2D eigenvalue weighted by Gasteiger charge is -2.21. The molecule has 0 heterocycles. The number of carbonyl (C=O) groups excluding carboxylic acids is 1. The number of halogens is 1. The van der Waals surface area contributed by atoms with Crippen LogP contribution < -0.4 is 10.1 Å². The maximum absolute atomic E-state index is 12.1. The highest BCUT2D eigenvalue weighted by molar-refractivity contribution is 9.09. The molecular formula is C15H22BrNO2. The first-order valence-electron chi connectivity index (χ1n) is 6.68. The molecule has 0 saturated heterocycles. The molecule has 0 aliphatic rings. The van der Waals surface area contributed by atoms with E-state index >= 15 is 0 Å². The van der Waals surface area contributed by atoms with Gasteiger partial charge < -0.3 is 10.1 Å². The largest absolute Gasteiger partial charge is 0.494 e. The van der Waals surface area contributed by atoms with Crippen LogP contribution in [0.25, 0.3) is 0 Å². The maximum atomic E-state index is 12.1. The van der Waals surface area contributed by atoms with E-state index in [0.29, 0.717) is 18.1 Å². The molecule has 1 aromatic rings. The van der Waals surface area contributed by atoms with E-state index in [1.807, 2.05) is 19.1 Å². The van der Waals surface area contributed by atoms with Crippen LogP contribution in [0.2, 0.25) is 0 Å². The molecule has 106 valence electrons. The predicted octanol–water partition coefficient (Wildman–Crippen LogP) is 3.62. The second kappa shape index (κ2) is 8.20. The van der Waals surface area contributed by atoms with Crippen molar-refractivity contribution in [3.05, 3.63) is 29.8 Å². The third-order valence-corrected chi connectivity index (χ3v) is 3.43. The summed E-state index contributed by atoms with van der Waals surface area (Å²) in [6.45, 7) is 6.80. The molecule has 0 saturated carbocycles. The number of hydrogen-bond acceptors (Lipinski definition) is 2. The molecular weight excluding hydrogens is 306 g/mol. The van der Waals surface area contributed by atoms with E-state index < -0.39 is 0 Å². The van der Waals surface area contributed by atoms with Crippen molar-refractivity contribution in [1.82, 2.24) is 5.32 Å². The Kier molecular flexibility index (Phi) is 6.92. The molecule has 1 rings (SSSR count). The minimum absolute atomic E-state index is 0.0253. The Balaban J connectivity index is 2.66. The zero-order valence-corrected chi connectivity index (χ0v) is 13.4. The monoisotopic (exact) mass is 327 g/mol. The molecule has 19 heavy (non-hydrogen) atoms. The van der Waals surface area contributed by atoms with E-state index in [9.17, 15) is 4.79 Å². The number of carbonyl (C=O) groups is 1. The van der Waals surface area contributed by atoms with Gasteiger partial charge in [-0.3, -0.25) is 4.79 Å². The quantitative estimate of drug-likeness (QED) is 0.776. The van der Waals surface area contributed by atoms with E-state index in [1.165, 1.54) is 0 Å². The topological polar surface area (TPSA) is 38.3 Å². The first kappa shape index (κ1) is 16.0. The molecule has 0 aliphatic heterocycles. The summed E-state index contributed by atoms with van der Waals surface area (Å²) in [5, 5.41) is 3.96. The lowest BCUT2D eigenvalue weighted by atomic mass is 10.0. The Hall–Kier alpha value is -1.03.